The lowest BCUT2D eigenvalue weighted by atomic mass is 10.3. The molecule has 4 rings (SSSR count). The molecule has 1 saturated heterocycles. The Bertz CT molecular complexity index is 930. The lowest BCUT2D eigenvalue weighted by Crippen LogP contribution is -2.47. The van der Waals surface area contributed by atoms with Crippen LogP contribution >= 0.6 is 0 Å². The SMILES string of the molecule is Cn1cnc2ncnc(N3CCN(c4nccc(C(F)(F)F)n4)CC3)c21. The van der Waals surface area contributed by atoms with Crippen molar-refractivity contribution in [3.63, 3.8) is 0 Å². The molecule has 0 aromatic carbocycles. The van der Waals surface area contributed by atoms with E-state index in [0.717, 1.165) is 23.6 Å². The number of hydrogen-bond donors (Lipinski definition) is 0. The molecule has 0 saturated carbocycles. The van der Waals surface area contributed by atoms with Crippen LogP contribution in [0.5, 0.6) is 0 Å². The maximum atomic E-state index is 12.8. The molecule has 0 bridgehead atoms. The Labute approximate surface area is 146 Å². The third kappa shape index (κ3) is 2.89. The number of halogens is 3. The molecule has 1 aliphatic heterocycles. The standard InChI is InChI=1S/C15H15F3N8/c1-24-9-22-12-11(24)13(21-8-20-12)25-4-6-26(7-5-25)14-19-3-2-10(23-14)15(16,17)18/h2-3,8-9H,4-7H2,1H3. The van der Waals surface area contributed by atoms with Gasteiger partial charge in [-0.2, -0.15) is 13.2 Å². The molecule has 1 aliphatic rings. The summed E-state index contributed by atoms with van der Waals surface area (Å²) in [6.45, 7) is 2.14. The Morgan fingerprint density at radius 2 is 1.69 bits per heavy atom. The van der Waals surface area contributed by atoms with Gasteiger partial charge in [0.2, 0.25) is 5.95 Å². The smallest absolute Gasteiger partial charge is 0.351 e. The third-order valence-corrected chi connectivity index (χ3v) is 4.28. The van der Waals surface area contributed by atoms with Crippen LogP contribution in [0.25, 0.3) is 11.2 Å². The number of anilines is 2. The fourth-order valence-electron chi connectivity index (χ4n) is 2.98. The van der Waals surface area contributed by atoms with E-state index in [1.165, 1.54) is 6.33 Å². The summed E-state index contributed by atoms with van der Waals surface area (Å²) in [6, 6.07) is 0.875. The van der Waals surface area contributed by atoms with Crippen molar-refractivity contribution in [2.24, 2.45) is 7.05 Å². The number of rotatable bonds is 2. The number of alkyl halides is 3. The van der Waals surface area contributed by atoms with E-state index in [0.29, 0.717) is 31.8 Å². The van der Waals surface area contributed by atoms with Crippen LogP contribution in [-0.2, 0) is 13.2 Å². The van der Waals surface area contributed by atoms with Gasteiger partial charge >= 0.3 is 6.18 Å². The van der Waals surface area contributed by atoms with Gasteiger partial charge < -0.3 is 14.4 Å². The van der Waals surface area contributed by atoms with Crippen LogP contribution in [0.3, 0.4) is 0 Å². The Balaban J connectivity index is 1.53. The molecular formula is C15H15F3N8. The molecule has 8 nitrogen and oxygen atoms in total. The second-order valence-electron chi connectivity index (χ2n) is 5.94. The summed E-state index contributed by atoms with van der Waals surface area (Å²) < 4.78 is 40.4. The van der Waals surface area contributed by atoms with Gasteiger partial charge in [-0.15, -0.1) is 0 Å². The van der Waals surface area contributed by atoms with Crippen molar-refractivity contribution in [2.45, 2.75) is 6.18 Å². The molecule has 136 valence electrons. The van der Waals surface area contributed by atoms with E-state index in [2.05, 4.69) is 29.8 Å². The highest BCUT2D eigenvalue weighted by Crippen LogP contribution is 2.29. The van der Waals surface area contributed by atoms with Gasteiger partial charge in [0, 0.05) is 39.4 Å². The zero-order chi connectivity index (χ0) is 18.3. The minimum absolute atomic E-state index is 0.0906. The van der Waals surface area contributed by atoms with Crippen molar-refractivity contribution in [3.05, 3.63) is 30.6 Å². The topological polar surface area (TPSA) is 75.9 Å². The summed E-state index contributed by atoms with van der Waals surface area (Å²) in [5, 5.41) is 0. The summed E-state index contributed by atoms with van der Waals surface area (Å²) in [7, 11) is 1.87. The van der Waals surface area contributed by atoms with Crippen LogP contribution in [0.2, 0.25) is 0 Å². The first-order valence-electron chi connectivity index (χ1n) is 7.95. The van der Waals surface area contributed by atoms with Gasteiger partial charge in [0.15, 0.2) is 11.5 Å². The molecule has 0 aliphatic carbocycles. The second kappa shape index (κ2) is 6.07. The molecule has 0 atom stereocenters. The molecule has 11 heteroatoms. The monoisotopic (exact) mass is 364 g/mol. The normalized spacial score (nSPS) is 15.7. The van der Waals surface area contributed by atoms with Crippen molar-refractivity contribution in [1.82, 2.24) is 29.5 Å². The largest absolute Gasteiger partial charge is 0.433 e. The van der Waals surface area contributed by atoms with Crippen LogP contribution in [0, 0.1) is 0 Å². The summed E-state index contributed by atoms with van der Waals surface area (Å²) in [5.41, 5.74) is 0.509. The summed E-state index contributed by atoms with van der Waals surface area (Å²) in [5.74, 6) is 0.854. The quantitative estimate of drug-likeness (QED) is 0.682. The highest BCUT2D eigenvalue weighted by Gasteiger charge is 2.33. The Morgan fingerprint density at radius 3 is 2.42 bits per heavy atom. The van der Waals surface area contributed by atoms with Crippen LogP contribution in [0.4, 0.5) is 24.9 Å². The first kappa shape index (κ1) is 16.5. The lowest BCUT2D eigenvalue weighted by molar-refractivity contribution is -0.141. The number of hydrogen-bond acceptors (Lipinski definition) is 7. The van der Waals surface area contributed by atoms with E-state index < -0.39 is 11.9 Å². The molecule has 0 unspecified atom stereocenters. The molecular weight excluding hydrogens is 349 g/mol. The van der Waals surface area contributed by atoms with Crippen molar-refractivity contribution in [2.75, 3.05) is 36.0 Å². The van der Waals surface area contributed by atoms with Crippen LogP contribution < -0.4 is 9.80 Å². The van der Waals surface area contributed by atoms with E-state index in [4.69, 9.17) is 0 Å². The Kier molecular flexibility index (Phi) is 3.85. The van der Waals surface area contributed by atoms with Crippen LogP contribution in [0.1, 0.15) is 5.69 Å². The third-order valence-electron chi connectivity index (χ3n) is 4.28. The number of piperazine rings is 1. The molecule has 0 N–H and O–H groups in total. The molecule has 1 fully saturated rings. The number of fused-ring (bicyclic) bond motifs is 1. The molecule has 3 aromatic heterocycles. The zero-order valence-electron chi connectivity index (χ0n) is 13.8. The molecule has 0 radical (unpaired) electrons. The van der Waals surface area contributed by atoms with Gasteiger partial charge in [-0.3, -0.25) is 0 Å². The van der Waals surface area contributed by atoms with Crippen molar-refractivity contribution < 1.29 is 13.2 Å². The number of imidazole rings is 1. The van der Waals surface area contributed by atoms with E-state index in [9.17, 15) is 13.2 Å². The maximum absolute atomic E-state index is 12.8. The average molecular weight is 364 g/mol. The van der Waals surface area contributed by atoms with Gasteiger partial charge in [0.25, 0.3) is 0 Å². The van der Waals surface area contributed by atoms with Gasteiger partial charge in [-0.05, 0) is 6.07 Å². The average Bonchev–Trinajstić information content (AvgIpc) is 3.03. The molecule has 3 aromatic rings. The van der Waals surface area contributed by atoms with E-state index in [1.807, 2.05) is 11.6 Å². The Morgan fingerprint density at radius 1 is 0.962 bits per heavy atom. The van der Waals surface area contributed by atoms with Gasteiger partial charge in [0.05, 0.1) is 6.33 Å². The minimum Gasteiger partial charge on any atom is -0.351 e. The van der Waals surface area contributed by atoms with Crippen molar-refractivity contribution in [3.8, 4) is 0 Å². The number of aromatic nitrogens is 6. The number of aryl methyl sites for hydroxylation is 1. The van der Waals surface area contributed by atoms with E-state index >= 15 is 0 Å². The fourth-order valence-corrected chi connectivity index (χ4v) is 2.98. The maximum Gasteiger partial charge on any atom is 0.433 e. The molecule has 0 spiro atoms. The molecule has 26 heavy (non-hydrogen) atoms. The summed E-state index contributed by atoms with van der Waals surface area (Å²) >= 11 is 0. The van der Waals surface area contributed by atoms with Crippen molar-refractivity contribution >= 4 is 22.9 Å². The summed E-state index contributed by atoms with van der Waals surface area (Å²) in [4.78, 5) is 24.2. The van der Waals surface area contributed by atoms with Crippen LogP contribution in [-0.4, -0.2) is 55.7 Å². The predicted octanol–water partition coefficient (Wildman–Crippen LogP) is 1.50. The highest BCUT2D eigenvalue weighted by atomic mass is 19.4. The Hall–Kier alpha value is -2.98. The predicted molar refractivity (Wildman–Crippen MR) is 87.8 cm³/mol. The van der Waals surface area contributed by atoms with E-state index in [-0.39, 0.29) is 5.95 Å². The van der Waals surface area contributed by atoms with Gasteiger partial charge in [-0.25, -0.2) is 24.9 Å². The first-order valence-corrected chi connectivity index (χ1v) is 7.95. The minimum atomic E-state index is -4.48. The lowest BCUT2D eigenvalue weighted by Gasteiger charge is -2.35. The fraction of sp³-hybridized carbons (Fsp3) is 0.400. The van der Waals surface area contributed by atoms with Gasteiger partial charge in [0.1, 0.15) is 17.5 Å². The molecule has 4 heterocycles. The first-order chi connectivity index (χ1) is 12.4. The van der Waals surface area contributed by atoms with Gasteiger partial charge in [-0.1, -0.05) is 0 Å². The van der Waals surface area contributed by atoms with Crippen molar-refractivity contribution in [1.29, 1.82) is 0 Å². The molecule has 0 amide bonds. The second-order valence-corrected chi connectivity index (χ2v) is 5.94. The highest BCUT2D eigenvalue weighted by molar-refractivity contribution is 5.83. The zero-order valence-corrected chi connectivity index (χ0v) is 13.8. The summed E-state index contributed by atoms with van der Waals surface area (Å²) in [6.07, 6.45) is -0.199. The van der Waals surface area contributed by atoms with Crippen LogP contribution in [0.15, 0.2) is 24.9 Å². The van der Waals surface area contributed by atoms with E-state index in [1.54, 1.807) is 11.2 Å². The number of nitrogens with zero attached hydrogens (tertiary/aromatic N) is 8.